The third kappa shape index (κ3) is 2.86. The fourth-order valence-corrected chi connectivity index (χ4v) is 2.31. The van der Waals surface area contributed by atoms with Crippen LogP contribution in [0.3, 0.4) is 0 Å². The van der Waals surface area contributed by atoms with E-state index >= 15 is 0 Å². The van der Waals surface area contributed by atoms with E-state index in [9.17, 15) is 0 Å². The highest BCUT2D eigenvalue weighted by Gasteiger charge is 2.02. The predicted octanol–water partition coefficient (Wildman–Crippen LogP) is 4.36. The van der Waals surface area contributed by atoms with Gasteiger partial charge in [0.15, 0.2) is 0 Å². The number of nitrogens with zero attached hydrogens (tertiary/aromatic N) is 1. The highest BCUT2D eigenvalue weighted by atomic mass is 32.2. The monoisotopic (exact) mass is 229 g/mol. The Morgan fingerprint density at radius 3 is 2.44 bits per heavy atom. The molecule has 2 aromatic rings. The summed E-state index contributed by atoms with van der Waals surface area (Å²) in [6, 6.07) is 12.6. The average Bonchev–Trinajstić information content (AvgIpc) is 2.30. The summed E-state index contributed by atoms with van der Waals surface area (Å²) in [5.41, 5.74) is 1.29. The highest BCUT2D eigenvalue weighted by molar-refractivity contribution is 7.99. The van der Waals surface area contributed by atoms with Crippen LogP contribution in [0, 0.1) is 0 Å². The van der Waals surface area contributed by atoms with Crippen molar-refractivity contribution in [3.05, 3.63) is 54.4 Å². The van der Waals surface area contributed by atoms with Crippen molar-refractivity contribution in [2.24, 2.45) is 0 Å². The van der Waals surface area contributed by atoms with Gasteiger partial charge in [-0.25, -0.2) is 0 Å². The fraction of sp³-hybridized carbons (Fsp3) is 0.214. The van der Waals surface area contributed by atoms with E-state index in [2.05, 4.69) is 49.2 Å². The molecule has 0 fully saturated rings. The van der Waals surface area contributed by atoms with Gasteiger partial charge in [0.25, 0.3) is 0 Å². The molecule has 16 heavy (non-hydrogen) atoms. The molecule has 0 amide bonds. The fourth-order valence-electron chi connectivity index (χ4n) is 1.43. The van der Waals surface area contributed by atoms with Gasteiger partial charge >= 0.3 is 0 Å². The molecule has 0 bridgehead atoms. The number of rotatable bonds is 3. The number of hydrogen-bond acceptors (Lipinski definition) is 2. The lowest BCUT2D eigenvalue weighted by atomic mass is 10.1. The number of pyridine rings is 1. The van der Waals surface area contributed by atoms with Crippen LogP contribution in [-0.2, 0) is 0 Å². The topological polar surface area (TPSA) is 12.9 Å². The van der Waals surface area contributed by atoms with Crippen molar-refractivity contribution in [3.63, 3.8) is 0 Å². The van der Waals surface area contributed by atoms with Crippen LogP contribution in [0.4, 0.5) is 0 Å². The quantitative estimate of drug-likeness (QED) is 0.775. The van der Waals surface area contributed by atoms with Crippen LogP contribution in [0.15, 0.2) is 58.6 Å². The van der Waals surface area contributed by atoms with Gasteiger partial charge in [0.2, 0.25) is 0 Å². The van der Waals surface area contributed by atoms with E-state index in [-0.39, 0.29) is 0 Å². The second-order valence-electron chi connectivity index (χ2n) is 4.02. The first-order valence-electron chi connectivity index (χ1n) is 5.43. The van der Waals surface area contributed by atoms with E-state index in [1.807, 2.05) is 18.5 Å². The minimum absolute atomic E-state index is 0.531. The normalized spacial score (nSPS) is 10.7. The van der Waals surface area contributed by atoms with E-state index in [4.69, 9.17) is 0 Å². The van der Waals surface area contributed by atoms with Crippen LogP contribution in [0.1, 0.15) is 25.3 Å². The predicted molar refractivity (Wildman–Crippen MR) is 68.9 cm³/mol. The summed E-state index contributed by atoms with van der Waals surface area (Å²) in [4.78, 5) is 6.74. The van der Waals surface area contributed by atoms with Gasteiger partial charge in [0.1, 0.15) is 0 Å². The first kappa shape index (κ1) is 11.2. The van der Waals surface area contributed by atoms with E-state index in [0.717, 1.165) is 0 Å². The molecule has 0 aliphatic rings. The number of benzene rings is 1. The molecular weight excluding hydrogens is 214 g/mol. The second kappa shape index (κ2) is 5.17. The van der Waals surface area contributed by atoms with Gasteiger partial charge in [-0.1, -0.05) is 43.8 Å². The first-order valence-corrected chi connectivity index (χ1v) is 6.25. The van der Waals surface area contributed by atoms with Crippen LogP contribution in [-0.4, -0.2) is 4.98 Å². The molecule has 82 valence electrons. The maximum Gasteiger partial charge on any atom is 0.0407 e. The minimum atomic E-state index is 0.531. The van der Waals surface area contributed by atoms with Crippen molar-refractivity contribution >= 4 is 11.8 Å². The molecule has 0 saturated heterocycles. The lowest BCUT2D eigenvalue weighted by Gasteiger charge is -2.06. The number of hydrogen-bond donors (Lipinski definition) is 0. The lowest BCUT2D eigenvalue weighted by Crippen LogP contribution is -1.88. The molecule has 1 nitrogen and oxygen atoms in total. The van der Waals surface area contributed by atoms with Crippen LogP contribution in [0.2, 0.25) is 0 Å². The van der Waals surface area contributed by atoms with Crippen LogP contribution in [0.25, 0.3) is 0 Å². The van der Waals surface area contributed by atoms with E-state index in [1.165, 1.54) is 15.4 Å². The Bertz CT molecular complexity index is 451. The van der Waals surface area contributed by atoms with Gasteiger partial charge in [0.05, 0.1) is 0 Å². The molecule has 0 unspecified atom stereocenters. The van der Waals surface area contributed by atoms with Gasteiger partial charge in [-0.2, -0.15) is 0 Å². The molecule has 1 aromatic carbocycles. The summed E-state index contributed by atoms with van der Waals surface area (Å²) in [5, 5.41) is 0. The molecule has 0 atom stereocenters. The zero-order chi connectivity index (χ0) is 11.4. The van der Waals surface area contributed by atoms with Crippen LogP contribution >= 0.6 is 11.8 Å². The van der Waals surface area contributed by atoms with Crippen LogP contribution < -0.4 is 0 Å². The smallest absolute Gasteiger partial charge is 0.0407 e. The zero-order valence-electron chi connectivity index (χ0n) is 9.55. The molecule has 0 saturated carbocycles. The SMILES string of the molecule is CC(C)c1cncc(Sc2ccccc2)c1. The van der Waals surface area contributed by atoms with Crippen molar-refractivity contribution in [1.82, 2.24) is 4.98 Å². The molecular formula is C14H15NS. The lowest BCUT2D eigenvalue weighted by molar-refractivity contribution is 0.851. The maximum atomic E-state index is 4.28. The molecule has 1 heterocycles. The number of aromatic nitrogens is 1. The third-order valence-corrected chi connectivity index (χ3v) is 3.35. The van der Waals surface area contributed by atoms with Crippen molar-refractivity contribution in [2.75, 3.05) is 0 Å². The van der Waals surface area contributed by atoms with Gasteiger partial charge in [-0.15, -0.1) is 0 Å². The van der Waals surface area contributed by atoms with Gasteiger partial charge in [-0.3, -0.25) is 4.98 Å². The molecule has 2 heteroatoms. The third-order valence-electron chi connectivity index (χ3n) is 2.38. The standard InChI is InChI=1S/C14H15NS/c1-11(2)12-8-14(10-15-9-12)16-13-6-4-3-5-7-13/h3-11H,1-2H3. The van der Waals surface area contributed by atoms with Crippen molar-refractivity contribution < 1.29 is 0 Å². The Morgan fingerprint density at radius 2 is 1.75 bits per heavy atom. The van der Waals surface area contributed by atoms with Crippen molar-refractivity contribution in [2.45, 2.75) is 29.6 Å². The largest absolute Gasteiger partial charge is 0.263 e. The summed E-state index contributed by atoms with van der Waals surface area (Å²) in [6.45, 7) is 4.38. The summed E-state index contributed by atoms with van der Waals surface area (Å²) in [7, 11) is 0. The molecule has 0 N–H and O–H groups in total. The Balaban J connectivity index is 2.19. The Morgan fingerprint density at radius 1 is 1.00 bits per heavy atom. The van der Waals surface area contributed by atoms with Gasteiger partial charge in [-0.05, 0) is 29.7 Å². The summed E-state index contributed by atoms with van der Waals surface area (Å²) < 4.78 is 0. The second-order valence-corrected chi connectivity index (χ2v) is 5.17. The van der Waals surface area contributed by atoms with Crippen LogP contribution in [0.5, 0.6) is 0 Å². The minimum Gasteiger partial charge on any atom is -0.263 e. The Kier molecular flexibility index (Phi) is 3.62. The van der Waals surface area contributed by atoms with Crippen molar-refractivity contribution in [1.29, 1.82) is 0 Å². The van der Waals surface area contributed by atoms with Gasteiger partial charge in [0, 0.05) is 22.2 Å². The summed E-state index contributed by atoms with van der Waals surface area (Å²) >= 11 is 1.76. The van der Waals surface area contributed by atoms with E-state index < -0.39 is 0 Å². The van der Waals surface area contributed by atoms with Gasteiger partial charge < -0.3 is 0 Å². The first-order chi connectivity index (χ1) is 7.75. The molecule has 0 spiro atoms. The zero-order valence-corrected chi connectivity index (χ0v) is 10.4. The average molecular weight is 229 g/mol. The molecule has 0 aliphatic heterocycles. The Hall–Kier alpha value is -1.28. The summed E-state index contributed by atoms with van der Waals surface area (Å²) in [6.07, 6.45) is 3.86. The molecule has 2 rings (SSSR count). The molecule has 0 radical (unpaired) electrons. The van der Waals surface area contributed by atoms with E-state index in [1.54, 1.807) is 11.8 Å². The van der Waals surface area contributed by atoms with E-state index in [0.29, 0.717) is 5.92 Å². The Labute approximate surface area is 101 Å². The highest BCUT2D eigenvalue weighted by Crippen LogP contribution is 2.28. The molecule has 0 aliphatic carbocycles. The maximum absolute atomic E-state index is 4.28. The van der Waals surface area contributed by atoms with Crippen molar-refractivity contribution in [3.8, 4) is 0 Å². The summed E-state index contributed by atoms with van der Waals surface area (Å²) in [5.74, 6) is 0.531. The molecule has 1 aromatic heterocycles.